The van der Waals surface area contributed by atoms with Crippen LogP contribution in [0.3, 0.4) is 0 Å². The lowest BCUT2D eigenvalue weighted by Gasteiger charge is -2.20. The zero-order valence-electron chi connectivity index (χ0n) is 21.3. The van der Waals surface area contributed by atoms with E-state index in [0.29, 0.717) is 50.2 Å². The van der Waals surface area contributed by atoms with Gasteiger partial charge in [0, 0.05) is 5.56 Å². The number of halogens is 2. The highest BCUT2D eigenvalue weighted by atomic mass is 127. The molecule has 0 fully saturated rings. The van der Waals surface area contributed by atoms with E-state index in [1.165, 1.54) is 16.8 Å². The van der Waals surface area contributed by atoms with Crippen molar-refractivity contribution in [2.24, 2.45) is 10.1 Å². The predicted octanol–water partition coefficient (Wildman–Crippen LogP) is 6.09. The lowest BCUT2D eigenvalue weighted by atomic mass is 10.1. The molecule has 0 bridgehead atoms. The molecule has 2 aliphatic heterocycles. The van der Waals surface area contributed by atoms with Gasteiger partial charge < -0.3 is 18.9 Å². The number of nitrogens with one attached hydrogen (secondary N) is 1. The van der Waals surface area contributed by atoms with Gasteiger partial charge in [0.2, 0.25) is 5.17 Å². The molecule has 40 heavy (non-hydrogen) atoms. The van der Waals surface area contributed by atoms with E-state index in [0.717, 1.165) is 9.32 Å². The van der Waals surface area contributed by atoms with Gasteiger partial charge in [-0.05, 0) is 88.5 Å². The third-order valence-corrected chi connectivity index (χ3v) is 7.85. The Morgan fingerprint density at radius 3 is 2.48 bits per heavy atom. The van der Waals surface area contributed by atoms with Crippen LogP contribution in [0.5, 0.6) is 23.0 Å². The van der Waals surface area contributed by atoms with Crippen molar-refractivity contribution in [2.45, 2.75) is 0 Å². The molecule has 204 valence electrons. The van der Waals surface area contributed by atoms with E-state index in [4.69, 9.17) is 36.0 Å². The number of nitrogens with zero attached hydrogens (tertiary/aromatic N) is 3. The largest absolute Gasteiger partial charge is 0.497 e. The molecule has 0 aromatic heterocycles. The van der Waals surface area contributed by atoms with Gasteiger partial charge in [-0.15, -0.1) is 0 Å². The summed E-state index contributed by atoms with van der Waals surface area (Å²) in [6.45, 7) is 0.617. The van der Waals surface area contributed by atoms with Crippen LogP contribution in [0.25, 0.3) is 6.08 Å². The Bertz CT molecular complexity index is 1580. The summed E-state index contributed by atoms with van der Waals surface area (Å²) < 4.78 is 23.2. The number of thioether (sulfide) groups is 1. The first kappa shape index (κ1) is 28.0. The summed E-state index contributed by atoms with van der Waals surface area (Å²) in [4.78, 5) is 17.1. The van der Waals surface area contributed by atoms with Crippen molar-refractivity contribution in [3.63, 3.8) is 0 Å². The first-order chi connectivity index (χ1) is 19.4. The van der Waals surface area contributed by atoms with E-state index in [1.807, 2.05) is 48.5 Å². The fourth-order valence-electron chi connectivity index (χ4n) is 3.84. The van der Waals surface area contributed by atoms with Gasteiger partial charge in [-0.25, -0.2) is 0 Å². The Labute approximate surface area is 253 Å². The maximum Gasteiger partial charge on any atom is 0.283 e. The molecule has 0 spiro atoms. The van der Waals surface area contributed by atoms with Crippen LogP contribution >= 0.6 is 46.0 Å². The highest BCUT2D eigenvalue weighted by molar-refractivity contribution is 14.1. The molecule has 2 aliphatic rings. The monoisotopic (exact) mass is 688 g/mol. The van der Waals surface area contributed by atoms with Crippen LogP contribution in [0.4, 0.5) is 0 Å². The standard InChI is InChI=1S/C28H22ClIN4O5S/c1-36-17-7-9-18(10-8-17)38-11-12-39-24-22(30)14-16(15-23(24)37-2)13-20-25(31)34-28(32-26(20)35)40-27(33-34)19-5-3-4-6-21(19)29/h3-10,13-15,31H,11-12H2,1-2H3/b20-13-,31-25?. The van der Waals surface area contributed by atoms with Gasteiger partial charge in [0.05, 0.1) is 28.4 Å². The van der Waals surface area contributed by atoms with Crippen molar-refractivity contribution in [1.82, 2.24) is 5.01 Å². The number of amides is 1. The van der Waals surface area contributed by atoms with Gasteiger partial charge in [0.25, 0.3) is 5.91 Å². The minimum absolute atomic E-state index is 0.0745. The third kappa shape index (κ3) is 5.96. The number of carbonyl (C=O) groups excluding carboxylic acids is 1. The Morgan fingerprint density at radius 1 is 1.02 bits per heavy atom. The molecule has 0 unspecified atom stereocenters. The number of amidine groups is 2. The van der Waals surface area contributed by atoms with E-state index >= 15 is 0 Å². The molecule has 3 aromatic rings. The van der Waals surface area contributed by atoms with Crippen molar-refractivity contribution in [1.29, 1.82) is 5.41 Å². The van der Waals surface area contributed by atoms with Crippen LogP contribution in [0.15, 0.2) is 76.3 Å². The summed E-state index contributed by atoms with van der Waals surface area (Å²) in [6, 6.07) is 18.1. The molecular weight excluding hydrogens is 667 g/mol. The molecule has 0 aliphatic carbocycles. The summed E-state index contributed by atoms with van der Waals surface area (Å²) in [5.41, 5.74) is 1.46. The topological polar surface area (TPSA) is 106 Å². The molecule has 12 heteroatoms. The van der Waals surface area contributed by atoms with Crippen LogP contribution < -0.4 is 18.9 Å². The van der Waals surface area contributed by atoms with Gasteiger partial charge in [0.1, 0.15) is 29.8 Å². The van der Waals surface area contributed by atoms with Crippen molar-refractivity contribution in [2.75, 3.05) is 27.4 Å². The summed E-state index contributed by atoms with van der Waals surface area (Å²) in [5.74, 6) is 1.90. The number of hydrazone groups is 1. The van der Waals surface area contributed by atoms with E-state index in [2.05, 4.69) is 32.7 Å². The number of hydrogen-bond donors (Lipinski definition) is 1. The third-order valence-electron chi connectivity index (χ3n) is 5.78. The summed E-state index contributed by atoms with van der Waals surface area (Å²) in [6.07, 6.45) is 1.60. The van der Waals surface area contributed by atoms with Crippen LogP contribution in [0.1, 0.15) is 11.1 Å². The normalized spacial score (nSPS) is 15.5. The van der Waals surface area contributed by atoms with Crippen LogP contribution in [0, 0.1) is 8.98 Å². The van der Waals surface area contributed by atoms with Crippen molar-refractivity contribution >= 4 is 74.0 Å². The molecule has 0 atom stereocenters. The van der Waals surface area contributed by atoms with Crippen molar-refractivity contribution in [3.8, 4) is 23.0 Å². The molecule has 9 nitrogen and oxygen atoms in total. The van der Waals surface area contributed by atoms with Crippen LogP contribution in [-0.2, 0) is 4.79 Å². The first-order valence-corrected chi connectivity index (χ1v) is 14.2. The summed E-state index contributed by atoms with van der Waals surface area (Å²) in [5, 5.41) is 15.9. The maximum atomic E-state index is 12.9. The number of aliphatic imine (C=N–C) groups is 1. The van der Waals surface area contributed by atoms with E-state index in [1.54, 1.807) is 32.4 Å². The van der Waals surface area contributed by atoms with E-state index in [-0.39, 0.29) is 18.0 Å². The number of carbonyl (C=O) groups is 1. The lowest BCUT2D eigenvalue weighted by Crippen LogP contribution is -2.35. The molecule has 2 heterocycles. The Morgan fingerprint density at radius 2 is 1.75 bits per heavy atom. The Balaban J connectivity index is 1.31. The average Bonchev–Trinajstić information content (AvgIpc) is 3.38. The first-order valence-electron chi connectivity index (χ1n) is 11.9. The molecule has 1 N–H and O–H groups in total. The number of fused-ring (bicyclic) bond motifs is 1. The number of hydrogen-bond acceptors (Lipinski definition) is 8. The highest BCUT2D eigenvalue weighted by Gasteiger charge is 2.36. The molecule has 0 saturated heterocycles. The fourth-order valence-corrected chi connectivity index (χ4v) is 5.83. The molecule has 5 rings (SSSR count). The summed E-state index contributed by atoms with van der Waals surface area (Å²) in [7, 11) is 3.15. The molecule has 0 radical (unpaired) electrons. The minimum Gasteiger partial charge on any atom is -0.497 e. The molecular formula is C28H22ClIN4O5S. The van der Waals surface area contributed by atoms with Crippen molar-refractivity contribution in [3.05, 3.63) is 86.0 Å². The van der Waals surface area contributed by atoms with Gasteiger partial charge in [0.15, 0.2) is 17.3 Å². The Kier molecular flexibility index (Phi) is 8.62. The second-order valence-corrected chi connectivity index (χ2v) is 10.8. The highest BCUT2D eigenvalue weighted by Crippen LogP contribution is 2.36. The fraction of sp³-hybridized carbons (Fsp3) is 0.143. The quantitative estimate of drug-likeness (QED) is 0.165. The predicted molar refractivity (Wildman–Crippen MR) is 165 cm³/mol. The zero-order chi connectivity index (χ0) is 28.2. The zero-order valence-corrected chi connectivity index (χ0v) is 25.0. The van der Waals surface area contributed by atoms with Crippen molar-refractivity contribution < 1.29 is 23.7 Å². The van der Waals surface area contributed by atoms with Gasteiger partial charge in [-0.1, -0.05) is 29.8 Å². The number of methoxy groups -OCH3 is 2. The van der Waals surface area contributed by atoms with Crippen LogP contribution in [0.2, 0.25) is 5.02 Å². The second-order valence-electron chi connectivity index (χ2n) is 8.31. The van der Waals surface area contributed by atoms with Gasteiger partial charge in [-0.3, -0.25) is 10.2 Å². The van der Waals surface area contributed by atoms with Gasteiger partial charge >= 0.3 is 0 Å². The van der Waals surface area contributed by atoms with Crippen LogP contribution in [-0.4, -0.2) is 54.4 Å². The van der Waals surface area contributed by atoms with E-state index in [9.17, 15) is 4.79 Å². The second kappa shape index (κ2) is 12.3. The van der Waals surface area contributed by atoms with E-state index < -0.39 is 5.91 Å². The smallest absolute Gasteiger partial charge is 0.283 e. The molecule has 0 saturated carbocycles. The SMILES string of the molecule is COc1ccc(OCCOc2c(I)cc(/C=C3/C(=N)N4N=C(c5ccccc5Cl)SC4=NC3=O)cc2OC)cc1. The molecule has 3 aromatic carbocycles. The maximum absolute atomic E-state index is 12.9. The average molecular weight is 689 g/mol. The number of ether oxygens (including phenoxy) is 4. The Hall–Kier alpha value is -3.55. The molecule has 1 amide bonds. The number of rotatable bonds is 9. The number of benzene rings is 3. The van der Waals surface area contributed by atoms with Gasteiger partial charge in [-0.2, -0.15) is 15.1 Å². The summed E-state index contributed by atoms with van der Waals surface area (Å²) >= 11 is 9.66. The lowest BCUT2D eigenvalue weighted by molar-refractivity contribution is -0.114. The minimum atomic E-state index is -0.524.